The largest absolute Gasteiger partial charge is 0.351 e. The second-order valence-electron chi connectivity index (χ2n) is 5.58. The molecule has 8 heteroatoms. The Morgan fingerprint density at radius 3 is 2.44 bits per heavy atom. The minimum absolute atomic E-state index is 0.0966. The summed E-state index contributed by atoms with van der Waals surface area (Å²) in [5.41, 5.74) is 1.03. The number of thioether (sulfide) groups is 1. The van der Waals surface area contributed by atoms with Crippen molar-refractivity contribution in [1.29, 1.82) is 0 Å². The number of carbonyl (C=O) groups is 1. The Labute approximate surface area is 152 Å². The molecule has 134 valence electrons. The number of hydrogen-bond donors (Lipinski definition) is 1. The normalized spacial score (nSPS) is 12.8. The van der Waals surface area contributed by atoms with E-state index < -0.39 is 10.0 Å². The number of sulfonamides is 1. The predicted octanol–water partition coefficient (Wildman–Crippen LogP) is 2.13. The van der Waals surface area contributed by atoms with Crippen LogP contribution in [0.15, 0.2) is 58.6 Å². The van der Waals surface area contributed by atoms with Crippen LogP contribution in [-0.4, -0.2) is 43.0 Å². The summed E-state index contributed by atoms with van der Waals surface area (Å²) < 4.78 is 25.2. The zero-order chi connectivity index (χ0) is 18.4. The Hall–Kier alpha value is -1.90. The Morgan fingerprint density at radius 2 is 1.88 bits per heavy atom. The van der Waals surface area contributed by atoms with Crippen molar-refractivity contribution < 1.29 is 13.2 Å². The number of benzene rings is 1. The minimum Gasteiger partial charge on any atom is -0.351 e. The predicted molar refractivity (Wildman–Crippen MR) is 98.7 cm³/mol. The van der Waals surface area contributed by atoms with Crippen molar-refractivity contribution in [2.75, 3.05) is 14.1 Å². The molecule has 0 aliphatic carbocycles. The number of hydrogen-bond acceptors (Lipinski definition) is 5. The van der Waals surface area contributed by atoms with Crippen LogP contribution in [0.5, 0.6) is 0 Å². The fourth-order valence-electron chi connectivity index (χ4n) is 1.96. The lowest BCUT2D eigenvalue weighted by Crippen LogP contribution is -2.30. The molecule has 0 aliphatic rings. The molecular formula is C17H21N3O3S2. The maximum atomic E-state index is 12.2. The fourth-order valence-corrected chi connectivity index (χ4v) is 3.62. The van der Waals surface area contributed by atoms with Crippen molar-refractivity contribution in [2.45, 2.75) is 28.6 Å². The van der Waals surface area contributed by atoms with Crippen molar-refractivity contribution in [3.63, 3.8) is 0 Å². The highest BCUT2D eigenvalue weighted by Gasteiger charge is 2.19. The Morgan fingerprint density at radius 1 is 1.20 bits per heavy atom. The molecule has 25 heavy (non-hydrogen) atoms. The van der Waals surface area contributed by atoms with E-state index in [1.165, 1.54) is 38.1 Å². The van der Waals surface area contributed by atoms with Crippen LogP contribution >= 0.6 is 11.8 Å². The summed E-state index contributed by atoms with van der Waals surface area (Å²) in [7, 11) is -0.557. The van der Waals surface area contributed by atoms with Gasteiger partial charge in [-0.2, -0.15) is 0 Å². The molecule has 0 radical (unpaired) electrons. The highest BCUT2D eigenvalue weighted by molar-refractivity contribution is 8.00. The SMILES string of the molecule is C[C@H](Sc1ccc(S(=O)(=O)N(C)C)cn1)C(=O)NCc1ccccc1. The van der Waals surface area contributed by atoms with Gasteiger partial charge in [-0.25, -0.2) is 17.7 Å². The monoisotopic (exact) mass is 379 g/mol. The molecule has 0 spiro atoms. The second kappa shape index (κ2) is 8.46. The van der Waals surface area contributed by atoms with Crippen molar-refractivity contribution in [1.82, 2.24) is 14.6 Å². The molecule has 6 nitrogen and oxygen atoms in total. The van der Waals surface area contributed by atoms with Crippen molar-refractivity contribution in [3.05, 3.63) is 54.2 Å². The highest BCUT2D eigenvalue weighted by Crippen LogP contribution is 2.23. The first-order valence-corrected chi connectivity index (χ1v) is 9.99. The van der Waals surface area contributed by atoms with Crippen LogP contribution in [0.25, 0.3) is 0 Å². The third-order valence-corrected chi connectivity index (χ3v) is 6.31. The van der Waals surface area contributed by atoms with Crippen LogP contribution in [0.2, 0.25) is 0 Å². The van der Waals surface area contributed by atoms with Gasteiger partial charge >= 0.3 is 0 Å². The lowest BCUT2D eigenvalue weighted by atomic mass is 10.2. The summed E-state index contributed by atoms with van der Waals surface area (Å²) in [6.45, 7) is 2.26. The van der Waals surface area contributed by atoms with E-state index in [0.717, 1.165) is 9.87 Å². The molecule has 2 rings (SSSR count). The topological polar surface area (TPSA) is 79.4 Å². The molecule has 2 aromatic rings. The Bertz CT molecular complexity index is 807. The van der Waals surface area contributed by atoms with E-state index in [1.807, 2.05) is 30.3 Å². The third-order valence-electron chi connectivity index (χ3n) is 3.46. The number of pyridine rings is 1. The molecule has 0 fully saturated rings. The molecule has 0 saturated heterocycles. The second-order valence-corrected chi connectivity index (χ2v) is 9.10. The molecule has 0 saturated carbocycles. The van der Waals surface area contributed by atoms with Gasteiger partial charge in [-0.15, -0.1) is 0 Å². The van der Waals surface area contributed by atoms with Gasteiger partial charge in [-0.1, -0.05) is 42.1 Å². The summed E-state index contributed by atoms with van der Waals surface area (Å²) in [6, 6.07) is 12.8. The fraction of sp³-hybridized carbons (Fsp3) is 0.294. The van der Waals surface area contributed by atoms with Crippen molar-refractivity contribution >= 4 is 27.7 Å². The van der Waals surface area contributed by atoms with E-state index in [4.69, 9.17) is 0 Å². The van der Waals surface area contributed by atoms with E-state index in [9.17, 15) is 13.2 Å². The van der Waals surface area contributed by atoms with Gasteiger partial charge in [0.25, 0.3) is 0 Å². The van der Waals surface area contributed by atoms with Crippen LogP contribution in [-0.2, 0) is 21.4 Å². The first-order chi connectivity index (χ1) is 11.8. The molecular weight excluding hydrogens is 358 g/mol. The summed E-state index contributed by atoms with van der Waals surface area (Å²) in [6.07, 6.45) is 1.31. The number of nitrogens with one attached hydrogen (secondary N) is 1. The van der Waals surface area contributed by atoms with E-state index in [-0.39, 0.29) is 16.1 Å². The maximum absolute atomic E-state index is 12.2. The number of nitrogens with zero attached hydrogens (tertiary/aromatic N) is 2. The number of rotatable bonds is 7. The molecule has 1 N–H and O–H groups in total. The summed E-state index contributed by atoms with van der Waals surface area (Å²) in [5.74, 6) is -0.0966. The van der Waals surface area contributed by atoms with Gasteiger partial charge in [0.15, 0.2) is 0 Å². The lowest BCUT2D eigenvalue weighted by Gasteiger charge is -2.13. The van der Waals surface area contributed by atoms with Gasteiger partial charge in [0.1, 0.15) is 4.90 Å². The lowest BCUT2D eigenvalue weighted by molar-refractivity contribution is -0.120. The maximum Gasteiger partial charge on any atom is 0.244 e. The van der Waals surface area contributed by atoms with Crippen LogP contribution in [0.3, 0.4) is 0 Å². The van der Waals surface area contributed by atoms with Crippen molar-refractivity contribution in [2.24, 2.45) is 0 Å². The minimum atomic E-state index is -3.50. The smallest absolute Gasteiger partial charge is 0.244 e. The molecule has 1 amide bonds. The zero-order valence-electron chi connectivity index (χ0n) is 14.3. The highest BCUT2D eigenvalue weighted by atomic mass is 32.2. The Balaban J connectivity index is 1.93. The molecule has 1 aromatic carbocycles. The van der Waals surface area contributed by atoms with Gasteiger partial charge in [0.05, 0.1) is 10.3 Å². The first kappa shape index (κ1) is 19.4. The van der Waals surface area contributed by atoms with E-state index in [2.05, 4.69) is 10.3 Å². The molecule has 1 atom stereocenters. The molecule has 0 unspecified atom stereocenters. The standard InChI is InChI=1S/C17H21N3O3S2/c1-13(17(21)19-11-14-7-5-4-6-8-14)24-16-10-9-15(12-18-16)25(22,23)20(2)3/h4-10,12-13H,11H2,1-3H3,(H,19,21)/t13-/m0/s1. The van der Waals surface area contributed by atoms with Crippen LogP contribution in [0, 0.1) is 0 Å². The first-order valence-electron chi connectivity index (χ1n) is 7.67. The zero-order valence-corrected chi connectivity index (χ0v) is 16.0. The quantitative estimate of drug-likeness (QED) is 0.746. The van der Waals surface area contributed by atoms with E-state index in [0.29, 0.717) is 11.6 Å². The molecule has 1 aromatic heterocycles. The molecule has 0 aliphatic heterocycles. The summed E-state index contributed by atoms with van der Waals surface area (Å²) in [5, 5.41) is 3.14. The number of carbonyl (C=O) groups excluding carboxylic acids is 1. The van der Waals surface area contributed by atoms with Gasteiger partial charge < -0.3 is 5.32 Å². The van der Waals surface area contributed by atoms with E-state index >= 15 is 0 Å². The average Bonchev–Trinajstić information content (AvgIpc) is 2.60. The van der Waals surface area contributed by atoms with Crippen LogP contribution < -0.4 is 5.32 Å². The average molecular weight is 380 g/mol. The van der Waals surface area contributed by atoms with E-state index in [1.54, 1.807) is 13.0 Å². The summed E-state index contributed by atoms with van der Waals surface area (Å²) in [4.78, 5) is 16.4. The summed E-state index contributed by atoms with van der Waals surface area (Å²) >= 11 is 1.28. The van der Waals surface area contributed by atoms with Crippen molar-refractivity contribution in [3.8, 4) is 0 Å². The Kier molecular flexibility index (Phi) is 6.57. The number of amides is 1. The molecule has 1 heterocycles. The van der Waals surface area contributed by atoms with Gasteiger partial charge in [0, 0.05) is 26.8 Å². The van der Waals surface area contributed by atoms with Gasteiger partial charge in [-0.3, -0.25) is 4.79 Å². The van der Waals surface area contributed by atoms with Crippen LogP contribution in [0.4, 0.5) is 0 Å². The van der Waals surface area contributed by atoms with Crippen LogP contribution in [0.1, 0.15) is 12.5 Å². The third kappa shape index (κ3) is 5.29. The molecule has 0 bridgehead atoms. The van der Waals surface area contributed by atoms with Gasteiger partial charge in [-0.05, 0) is 24.6 Å². The van der Waals surface area contributed by atoms with Gasteiger partial charge in [0.2, 0.25) is 15.9 Å². The number of aromatic nitrogens is 1.